The van der Waals surface area contributed by atoms with Gasteiger partial charge in [-0.2, -0.15) is 0 Å². The number of benzene rings is 1. The van der Waals surface area contributed by atoms with Crippen molar-refractivity contribution in [1.82, 2.24) is 5.43 Å². The summed E-state index contributed by atoms with van der Waals surface area (Å²) >= 11 is 7.87. The number of hydrazone groups is 1. The number of nitrogens with two attached hydrogens (primary N) is 1. The molecule has 0 amide bonds. The Balaban J connectivity index is 2.93. The van der Waals surface area contributed by atoms with E-state index in [1.807, 2.05) is 6.92 Å². The Bertz CT molecular complexity index is 451. The lowest BCUT2D eigenvalue weighted by molar-refractivity contribution is -0.499. The van der Waals surface area contributed by atoms with Crippen molar-refractivity contribution in [2.75, 3.05) is 6.61 Å². The first-order chi connectivity index (χ1) is 8.04. The summed E-state index contributed by atoms with van der Waals surface area (Å²) in [5, 5.41) is 12.6. The van der Waals surface area contributed by atoms with E-state index in [-0.39, 0.29) is 10.9 Å². The minimum atomic E-state index is 0.0753. The number of hydrogen-bond acceptors (Lipinski definition) is 3. The molecule has 92 valence electrons. The molecule has 1 aromatic carbocycles. The predicted octanol–water partition coefficient (Wildman–Crippen LogP) is -0.199. The first-order valence-electron chi connectivity index (χ1n) is 4.84. The predicted molar refractivity (Wildman–Crippen MR) is 73.0 cm³/mol. The first kappa shape index (κ1) is 13.7. The molecule has 1 aromatic rings. The van der Waals surface area contributed by atoms with Crippen LogP contribution < -0.4 is 21.0 Å². The third kappa shape index (κ3) is 4.20. The van der Waals surface area contributed by atoms with Gasteiger partial charge in [-0.3, -0.25) is 0 Å². The van der Waals surface area contributed by atoms with Crippen molar-refractivity contribution in [1.29, 1.82) is 0 Å². The lowest BCUT2D eigenvalue weighted by Crippen LogP contribution is -2.82. The molecule has 0 heterocycles. The number of aromatic hydroxyl groups is 1. The van der Waals surface area contributed by atoms with E-state index >= 15 is 0 Å². The average Bonchev–Trinajstić information content (AvgIpc) is 2.25. The highest BCUT2D eigenvalue weighted by Gasteiger charge is 2.09. The number of hydrazine groups is 1. The zero-order valence-electron chi connectivity index (χ0n) is 9.16. The van der Waals surface area contributed by atoms with E-state index in [1.54, 1.807) is 18.3 Å². The Kier molecular flexibility index (Phi) is 5.17. The second kappa shape index (κ2) is 6.41. The molecule has 17 heavy (non-hydrogen) atoms. The number of hydrogen-bond donors (Lipinski definition) is 4. The van der Waals surface area contributed by atoms with E-state index < -0.39 is 0 Å². The first-order valence-corrected chi connectivity index (χ1v) is 6.04. The highest BCUT2D eigenvalue weighted by Crippen LogP contribution is 2.34. The van der Waals surface area contributed by atoms with Crippen LogP contribution in [0.25, 0.3) is 0 Å². The molecule has 0 aliphatic rings. The lowest BCUT2D eigenvalue weighted by Gasteiger charge is -2.07. The number of nitrogens with one attached hydrogen (secondary N) is 2. The van der Waals surface area contributed by atoms with E-state index in [0.717, 1.165) is 5.56 Å². The molecule has 0 radical (unpaired) electrons. The van der Waals surface area contributed by atoms with Crippen LogP contribution in [0.3, 0.4) is 0 Å². The van der Waals surface area contributed by atoms with Crippen LogP contribution in [0.15, 0.2) is 16.6 Å². The SMILES string of the molecule is CCOc1cc(/C=[NH+]/NC(N)=S)cc(Br)c1O. The third-order valence-electron chi connectivity index (χ3n) is 1.78. The quantitative estimate of drug-likeness (QED) is 0.351. The third-order valence-corrected chi connectivity index (χ3v) is 2.49. The fourth-order valence-electron chi connectivity index (χ4n) is 1.13. The Labute approximate surface area is 113 Å². The Morgan fingerprint density at radius 1 is 1.71 bits per heavy atom. The van der Waals surface area contributed by atoms with Crippen LogP contribution >= 0.6 is 28.1 Å². The van der Waals surface area contributed by atoms with Crippen molar-refractivity contribution >= 4 is 39.5 Å². The van der Waals surface area contributed by atoms with Gasteiger partial charge in [0.15, 0.2) is 17.7 Å². The normalized spacial score (nSPS) is 10.5. The molecule has 0 bridgehead atoms. The van der Waals surface area contributed by atoms with E-state index in [0.29, 0.717) is 16.8 Å². The zero-order valence-corrected chi connectivity index (χ0v) is 11.6. The molecule has 0 spiro atoms. The van der Waals surface area contributed by atoms with Crippen LogP contribution in [0.2, 0.25) is 0 Å². The minimum absolute atomic E-state index is 0.0753. The molecule has 0 unspecified atom stereocenters. The summed E-state index contributed by atoms with van der Waals surface area (Å²) < 4.78 is 5.83. The maximum atomic E-state index is 9.70. The van der Waals surface area contributed by atoms with Crippen molar-refractivity contribution in [3.63, 3.8) is 0 Å². The van der Waals surface area contributed by atoms with Crippen LogP contribution in [0.4, 0.5) is 0 Å². The van der Waals surface area contributed by atoms with Crippen molar-refractivity contribution in [2.24, 2.45) is 5.73 Å². The van der Waals surface area contributed by atoms with Crippen molar-refractivity contribution in [2.45, 2.75) is 6.92 Å². The maximum Gasteiger partial charge on any atom is 0.221 e. The number of phenols is 1. The van der Waals surface area contributed by atoms with Gasteiger partial charge in [0.1, 0.15) is 0 Å². The summed E-state index contributed by atoms with van der Waals surface area (Å²) in [5.41, 5.74) is 8.61. The van der Waals surface area contributed by atoms with Gasteiger partial charge in [0.25, 0.3) is 0 Å². The summed E-state index contributed by atoms with van der Waals surface area (Å²) in [6, 6.07) is 3.42. The van der Waals surface area contributed by atoms with Crippen LogP contribution in [-0.4, -0.2) is 23.0 Å². The molecule has 5 N–H and O–H groups in total. The summed E-state index contributed by atoms with van der Waals surface area (Å²) in [7, 11) is 0. The van der Waals surface area contributed by atoms with Gasteiger partial charge in [0, 0.05) is 5.56 Å². The van der Waals surface area contributed by atoms with Gasteiger partial charge in [-0.1, -0.05) is 0 Å². The van der Waals surface area contributed by atoms with E-state index in [4.69, 9.17) is 10.5 Å². The smallest absolute Gasteiger partial charge is 0.221 e. The van der Waals surface area contributed by atoms with Crippen LogP contribution in [0.1, 0.15) is 12.5 Å². The van der Waals surface area contributed by atoms with E-state index in [1.165, 1.54) is 0 Å². The molecule has 5 nitrogen and oxygen atoms in total. The number of thiocarbonyl (C=S) groups is 1. The van der Waals surface area contributed by atoms with Gasteiger partial charge in [0.2, 0.25) is 5.11 Å². The zero-order chi connectivity index (χ0) is 12.8. The Hall–Kier alpha value is -1.34. The largest absolute Gasteiger partial charge is 0.503 e. The van der Waals surface area contributed by atoms with Crippen molar-refractivity contribution in [3.8, 4) is 11.5 Å². The number of rotatable bonds is 4. The molecule has 0 saturated carbocycles. The molecule has 1 rings (SSSR count). The van der Waals surface area contributed by atoms with Gasteiger partial charge < -0.3 is 15.6 Å². The molecular weight excluding hydrogens is 306 g/mol. The number of halogens is 1. The number of phenolic OH excluding ortho intramolecular Hbond substituents is 1. The van der Waals surface area contributed by atoms with Crippen molar-refractivity contribution < 1.29 is 14.9 Å². The van der Waals surface area contributed by atoms with Gasteiger partial charge in [-0.15, -0.1) is 10.5 Å². The molecule has 0 aliphatic carbocycles. The van der Waals surface area contributed by atoms with Crippen LogP contribution in [-0.2, 0) is 0 Å². The topological polar surface area (TPSA) is 81.5 Å². The van der Waals surface area contributed by atoms with Crippen molar-refractivity contribution in [3.05, 3.63) is 22.2 Å². The van der Waals surface area contributed by atoms with Gasteiger partial charge >= 0.3 is 0 Å². The molecule has 7 heteroatoms. The second-order valence-corrected chi connectivity index (χ2v) is 4.35. The Morgan fingerprint density at radius 3 is 3.00 bits per heavy atom. The molecular formula is C10H13BrN3O2S+. The van der Waals surface area contributed by atoms with E-state index in [9.17, 15) is 5.11 Å². The monoisotopic (exact) mass is 318 g/mol. The fourth-order valence-corrected chi connectivity index (χ4v) is 1.65. The van der Waals surface area contributed by atoms with Crippen LogP contribution in [0, 0.1) is 0 Å². The molecule has 0 saturated heterocycles. The summed E-state index contributed by atoms with van der Waals surface area (Å²) in [6.45, 7) is 2.32. The summed E-state index contributed by atoms with van der Waals surface area (Å²) in [5.74, 6) is 0.483. The highest BCUT2D eigenvalue weighted by atomic mass is 79.9. The molecule has 0 atom stereocenters. The summed E-state index contributed by atoms with van der Waals surface area (Å²) in [4.78, 5) is 0. The number of ether oxygens (including phenoxy) is 1. The standard InChI is InChI=1S/C10H12BrN3O2S/c1-2-16-8-4-6(3-7(11)9(8)15)5-13-14-10(12)17/h3-5,15H,2H2,1H3,(H3,12,14,17)/p+1/b13-5+. The molecule has 0 fully saturated rings. The molecule has 0 aromatic heterocycles. The minimum Gasteiger partial charge on any atom is -0.503 e. The lowest BCUT2D eigenvalue weighted by atomic mass is 10.2. The van der Waals surface area contributed by atoms with Gasteiger partial charge in [-0.25, -0.2) is 0 Å². The highest BCUT2D eigenvalue weighted by molar-refractivity contribution is 9.10. The summed E-state index contributed by atoms with van der Waals surface area (Å²) in [6.07, 6.45) is 1.64. The average molecular weight is 319 g/mol. The second-order valence-electron chi connectivity index (χ2n) is 3.06. The van der Waals surface area contributed by atoms with Gasteiger partial charge in [0.05, 0.1) is 11.1 Å². The van der Waals surface area contributed by atoms with Crippen LogP contribution in [0.5, 0.6) is 11.5 Å². The molecule has 0 aliphatic heterocycles. The van der Waals surface area contributed by atoms with Gasteiger partial charge in [-0.05, 0) is 47.2 Å². The fraction of sp³-hybridized carbons (Fsp3) is 0.200. The Morgan fingerprint density at radius 2 is 2.41 bits per heavy atom. The van der Waals surface area contributed by atoms with E-state index in [2.05, 4.69) is 38.7 Å². The maximum absolute atomic E-state index is 9.70.